The topological polar surface area (TPSA) is 66.4 Å². The summed E-state index contributed by atoms with van der Waals surface area (Å²) >= 11 is 0. The molecule has 2 rings (SSSR count). The van der Waals surface area contributed by atoms with Gasteiger partial charge in [-0.05, 0) is 38.2 Å². The van der Waals surface area contributed by atoms with Crippen molar-refractivity contribution in [1.29, 1.82) is 0 Å². The van der Waals surface area contributed by atoms with E-state index in [0.717, 1.165) is 44.1 Å². The van der Waals surface area contributed by atoms with Gasteiger partial charge in [-0.25, -0.2) is 0 Å². The van der Waals surface area contributed by atoms with Crippen LogP contribution in [0.1, 0.15) is 45.4 Å². The molecule has 18 heavy (non-hydrogen) atoms. The van der Waals surface area contributed by atoms with Gasteiger partial charge in [-0.2, -0.15) is 0 Å². The van der Waals surface area contributed by atoms with E-state index in [1.807, 2.05) is 6.08 Å². The quantitative estimate of drug-likeness (QED) is 0.572. The van der Waals surface area contributed by atoms with Gasteiger partial charge >= 0.3 is 0 Å². The van der Waals surface area contributed by atoms with Gasteiger partial charge in [0, 0.05) is 6.04 Å². The third-order valence-corrected chi connectivity index (χ3v) is 4.27. The van der Waals surface area contributed by atoms with Crippen molar-refractivity contribution in [3.8, 4) is 0 Å². The van der Waals surface area contributed by atoms with E-state index in [-0.39, 0.29) is 17.7 Å². The highest BCUT2D eigenvalue weighted by Gasteiger charge is 2.47. The molecule has 0 radical (unpaired) electrons. The fourth-order valence-corrected chi connectivity index (χ4v) is 2.87. The Morgan fingerprint density at radius 1 is 1.44 bits per heavy atom. The summed E-state index contributed by atoms with van der Waals surface area (Å²) in [6.07, 6.45) is 7.72. The maximum atomic E-state index is 12.4. The van der Waals surface area contributed by atoms with E-state index < -0.39 is 12.0 Å². The van der Waals surface area contributed by atoms with E-state index in [2.05, 4.69) is 5.32 Å². The number of hydrogen-bond donors (Lipinski definition) is 2. The molecule has 4 heteroatoms. The van der Waals surface area contributed by atoms with E-state index in [1.165, 1.54) is 6.92 Å². The first kappa shape index (κ1) is 13.3. The van der Waals surface area contributed by atoms with Crippen LogP contribution in [0.2, 0.25) is 0 Å². The van der Waals surface area contributed by atoms with Crippen LogP contribution in [0, 0.1) is 5.41 Å². The second-order valence-electron chi connectivity index (χ2n) is 5.34. The van der Waals surface area contributed by atoms with Crippen LogP contribution in [0.3, 0.4) is 0 Å². The van der Waals surface area contributed by atoms with Crippen molar-refractivity contribution in [2.75, 3.05) is 6.61 Å². The second-order valence-corrected chi connectivity index (χ2v) is 5.34. The molecule has 2 N–H and O–H groups in total. The first-order chi connectivity index (χ1) is 8.61. The number of aliphatic hydroxyl groups excluding tert-OH is 1. The van der Waals surface area contributed by atoms with Gasteiger partial charge in [-0.3, -0.25) is 9.59 Å². The molecule has 2 aliphatic carbocycles. The number of aliphatic hydroxyl groups is 1. The number of allylic oxidation sites excluding steroid dienone is 1. The summed E-state index contributed by atoms with van der Waals surface area (Å²) in [6, 6.07) is 0.170. The standard InChI is InChI=1S/C14H21NO3/c1-10(17)14(9-16,11-5-4-6-11)13(18)15-12-7-2-3-8-12/h5,12,16H,2-4,6-9H2,1H3,(H,15,18). The van der Waals surface area contributed by atoms with Gasteiger partial charge in [-0.1, -0.05) is 18.9 Å². The van der Waals surface area contributed by atoms with Gasteiger partial charge in [0.1, 0.15) is 0 Å². The lowest BCUT2D eigenvalue weighted by molar-refractivity contribution is -0.141. The van der Waals surface area contributed by atoms with E-state index >= 15 is 0 Å². The molecule has 1 fully saturated rings. The Morgan fingerprint density at radius 3 is 2.44 bits per heavy atom. The largest absolute Gasteiger partial charge is 0.394 e. The summed E-state index contributed by atoms with van der Waals surface area (Å²) in [5.41, 5.74) is -0.533. The average molecular weight is 251 g/mol. The van der Waals surface area contributed by atoms with Crippen LogP contribution in [0.15, 0.2) is 11.6 Å². The van der Waals surface area contributed by atoms with E-state index in [4.69, 9.17) is 0 Å². The van der Waals surface area contributed by atoms with Crippen LogP contribution in [0.5, 0.6) is 0 Å². The Bertz CT molecular complexity index is 383. The van der Waals surface area contributed by atoms with Crippen molar-refractivity contribution in [2.24, 2.45) is 5.41 Å². The van der Waals surface area contributed by atoms with Gasteiger partial charge in [0.15, 0.2) is 11.2 Å². The predicted molar refractivity (Wildman–Crippen MR) is 67.9 cm³/mol. The third-order valence-electron chi connectivity index (χ3n) is 4.27. The summed E-state index contributed by atoms with van der Waals surface area (Å²) in [5.74, 6) is -0.568. The Kier molecular flexibility index (Phi) is 3.85. The second kappa shape index (κ2) is 5.22. The van der Waals surface area contributed by atoms with Gasteiger partial charge < -0.3 is 10.4 Å². The molecular formula is C14H21NO3. The lowest BCUT2D eigenvalue weighted by Gasteiger charge is -2.35. The molecule has 0 heterocycles. The molecular weight excluding hydrogens is 230 g/mol. The molecule has 0 aromatic rings. The molecule has 1 amide bonds. The average Bonchev–Trinajstić information content (AvgIpc) is 2.74. The number of hydrogen-bond acceptors (Lipinski definition) is 3. The molecule has 0 spiro atoms. The van der Waals surface area contributed by atoms with Gasteiger partial charge in [-0.15, -0.1) is 0 Å². The maximum absolute atomic E-state index is 12.4. The summed E-state index contributed by atoms with van der Waals surface area (Å²) in [7, 11) is 0. The lowest BCUT2D eigenvalue weighted by Crippen LogP contribution is -2.52. The Balaban J connectivity index is 2.17. The minimum Gasteiger partial charge on any atom is -0.394 e. The van der Waals surface area contributed by atoms with Crippen LogP contribution in [0.4, 0.5) is 0 Å². The first-order valence-corrected chi connectivity index (χ1v) is 6.73. The summed E-state index contributed by atoms with van der Waals surface area (Å²) in [4.78, 5) is 24.3. The number of Topliss-reactive ketones (excluding diaryl/α,β-unsaturated/α-hetero) is 1. The van der Waals surface area contributed by atoms with Crippen molar-refractivity contribution in [2.45, 2.75) is 51.5 Å². The molecule has 4 nitrogen and oxygen atoms in total. The fourth-order valence-electron chi connectivity index (χ4n) is 2.87. The molecule has 0 aromatic carbocycles. The van der Waals surface area contributed by atoms with Crippen molar-refractivity contribution in [1.82, 2.24) is 5.32 Å². The van der Waals surface area contributed by atoms with Crippen LogP contribution in [-0.2, 0) is 9.59 Å². The fraction of sp³-hybridized carbons (Fsp3) is 0.714. The minimum absolute atomic E-state index is 0.170. The first-order valence-electron chi connectivity index (χ1n) is 6.73. The highest BCUT2D eigenvalue weighted by atomic mass is 16.3. The number of amides is 1. The SMILES string of the molecule is CC(=O)C(CO)(C(=O)NC1CCCC1)C1=CCC1. The van der Waals surface area contributed by atoms with Crippen LogP contribution in [0.25, 0.3) is 0 Å². The van der Waals surface area contributed by atoms with Crippen LogP contribution < -0.4 is 5.32 Å². The molecule has 0 aliphatic heterocycles. The van der Waals surface area contributed by atoms with Crippen molar-refractivity contribution in [3.05, 3.63) is 11.6 Å². The molecule has 1 atom stereocenters. The molecule has 0 saturated heterocycles. The number of carbonyl (C=O) groups is 2. The van der Waals surface area contributed by atoms with Crippen molar-refractivity contribution in [3.63, 3.8) is 0 Å². The molecule has 1 unspecified atom stereocenters. The van der Waals surface area contributed by atoms with Crippen LogP contribution in [-0.4, -0.2) is 29.4 Å². The Morgan fingerprint density at radius 2 is 2.06 bits per heavy atom. The number of rotatable bonds is 5. The molecule has 100 valence electrons. The summed E-state index contributed by atoms with van der Waals surface area (Å²) < 4.78 is 0. The van der Waals surface area contributed by atoms with Gasteiger partial charge in [0.05, 0.1) is 6.61 Å². The zero-order valence-corrected chi connectivity index (χ0v) is 10.9. The van der Waals surface area contributed by atoms with Crippen LogP contribution >= 0.6 is 0 Å². The van der Waals surface area contributed by atoms with Crippen molar-refractivity contribution >= 4 is 11.7 Å². The zero-order chi connectivity index (χ0) is 13.2. The van der Waals surface area contributed by atoms with E-state index in [0.29, 0.717) is 0 Å². The highest BCUT2D eigenvalue weighted by Crippen LogP contribution is 2.38. The smallest absolute Gasteiger partial charge is 0.240 e. The van der Waals surface area contributed by atoms with Crippen molar-refractivity contribution < 1.29 is 14.7 Å². The summed E-state index contributed by atoms with van der Waals surface area (Å²) in [5, 5.41) is 12.5. The normalized spacial score (nSPS) is 22.9. The van der Waals surface area contributed by atoms with E-state index in [1.54, 1.807) is 0 Å². The molecule has 2 aliphatic rings. The maximum Gasteiger partial charge on any atom is 0.240 e. The van der Waals surface area contributed by atoms with E-state index in [9.17, 15) is 14.7 Å². The monoisotopic (exact) mass is 251 g/mol. The predicted octanol–water partition coefficient (Wildman–Crippen LogP) is 1.33. The lowest BCUT2D eigenvalue weighted by atomic mass is 9.70. The van der Waals surface area contributed by atoms with Gasteiger partial charge in [0.2, 0.25) is 5.91 Å². The molecule has 0 aromatic heterocycles. The number of ketones is 1. The molecule has 0 bridgehead atoms. The highest BCUT2D eigenvalue weighted by molar-refractivity contribution is 6.08. The van der Waals surface area contributed by atoms with Gasteiger partial charge in [0.25, 0.3) is 0 Å². The Labute approximate surface area is 107 Å². The zero-order valence-electron chi connectivity index (χ0n) is 10.9. The third kappa shape index (κ3) is 2.09. The number of carbonyl (C=O) groups excluding carboxylic acids is 2. The number of nitrogens with one attached hydrogen (secondary N) is 1. The Hall–Kier alpha value is -1.16. The molecule has 1 saturated carbocycles. The minimum atomic E-state index is -1.32. The summed E-state index contributed by atoms with van der Waals surface area (Å²) in [6.45, 7) is 0.969.